The highest BCUT2D eigenvalue weighted by molar-refractivity contribution is 5.77. The average Bonchev–Trinajstić information content (AvgIpc) is 2.72. The van der Waals surface area contributed by atoms with Gasteiger partial charge in [0.1, 0.15) is 18.3 Å². The Balaban J connectivity index is 1.03. The van der Waals surface area contributed by atoms with Crippen LogP contribution in [0, 0.1) is 47.3 Å². The zero-order valence-corrected chi connectivity index (χ0v) is 19.6. The zero-order valence-electron chi connectivity index (χ0n) is 19.6. The Kier molecular flexibility index (Phi) is 5.14. The molecular weight excluding hydrogens is 430 g/mol. The first-order valence-electron chi connectivity index (χ1n) is 13.0. The lowest BCUT2D eigenvalue weighted by atomic mass is 9.50. The molecule has 8 bridgehead atoms. The molecule has 0 radical (unpaired) electrons. The van der Waals surface area contributed by atoms with E-state index in [1.807, 2.05) is 0 Å². The van der Waals surface area contributed by atoms with Gasteiger partial charge in [0.25, 0.3) is 0 Å². The Hall–Kier alpha value is -1.24. The predicted octanol–water partition coefficient (Wildman–Crippen LogP) is 4.76. The smallest absolute Gasteiger partial charge is 0.376 e. The van der Waals surface area contributed by atoms with Crippen molar-refractivity contribution in [1.82, 2.24) is 0 Å². The van der Waals surface area contributed by atoms with Gasteiger partial charge in [-0.3, -0.25) is 0 Å². The topological polar surface area (TPSA) is 61.8 Å². The van der Waals surface area contributed by atoms with Crippen LogP contribution < -0.4 is 0 Å². The van der Waals surface area contributed by atoms with Crippen LogP contribution in [0.25, 0.3) is 0 Å². The van der Waals surface area contributed by atoms with Crippen molar-refractivity contribution >= 4 is 11.9 Å². The van der Waals surface area contributed by atoms with Crippen molar-refractivity contribution in [3.05, 3.63) is 0 Å². The second-order valence-electron chi connectivity index (χ2n) is 12.5. The lowest BCUT2D eigenvalue weighted by Gasteiger charge is -2.59. The summed E-state index contributed by atoms with van der Waals surface area (Å²) < 4.78 is 44.3. The number of ether oxygens (including phenoxy) is 3. The Bertz CT molecular complexity index is 762. The monoisotopic (exact) mass is 466 g/mol. The van der Waals surface area contributed by atoms with Crippen LogP contribution in [0.2, 0.25) is 0 Å². The van der Waals surface area contributed by atoms with Gasteiger partial charge >= 0.3 is 17.9 Å². The summed E-state index contributed by atoms with van der Waals surface area (Å²) in [6, 6.07) is 0. The minimum Gasteiger partial charge on any atom is -0.457 e. The first-order valence-corrected chi connectivity index (χ1v) is 13.0. The minimum absolute atomic E-state index is 0.00460. The Morgan fingerprint density at radius 1 is 0.818 bits per heavy atom. The molecule has 5 nitrogen and oxygen atoms in total. The number of alkyl halides is 2. The summed E-state index contributed by atoms with van der Waals surface area (Å²) >= 11 is 0. The lowest BCUT2D eigenvalue weighted by molar-refractivity contribution is -0.220. The minimum atomic E-state index is -3.45. The van der Waals surface area contributed by atoms with Gasteiger partial charge in [0.15, 0.2) is 0 Å². The van der Waals surface area contributed by atoms with Crippen LogP contribution >= 0.6 is 0 Å². The SMILES string of the molecule is CC(F)(F)C(=O)OC1C2CC3CC1CC(C2)C3OCC(=O)OC1(C)C2CC3CC(C2)CC1C3. The summed E-state index contributed by atoms with van der Waals surface area (Å²) in [6.07, 6.45) is 9.01. The molecule has 0 saturated heterocycles. The number of hydrogen-bond acceptors (Lipinski definition) is 5. The zero-order chi connectivity index (χ0) is 23.1. The van der Waals surface area contributed by atoms with Crippen molar-refractivity contribution in [3.8, 4) is 0 Å². The summed E-state index contributed by atoms with van der Waals surface area (Å²) in [5.74, 6) is -1.61. The maximum Gasteiger partial charge on any atom is 0.376 e. The van der Waals surface area contributed by atoms with Crippen LogP contribution in [0.15, 0.2) is 0 Å². The number of rotatable bonds is 6. The fourth-order valence-electron chi connectivity index (χ4n) is 9.20. The van der Waals surface area contributed by atoms with E-state index in [1.54, 1.807) is 0 Å². The Morgan fingerprint density at radius 2 is 1.30 bits per heavy atom. The van der Waals surface area contributed by atoms with Crippen LogP contribution in [0.1, 0.15) is 71.6 Å². The highest BCUT2D eigenvalue weighted by Crippen LogP contribution is 2.60. The molecule has 8 rings (SSSR count). The first kappa shape index (κ1) is 22.2. The van der Waals surface area contributed by atoms with Crippen LogP contribution in [-0.4, -0.2) is 42.3 Å². The molecule has 8 aliphatic carbocycles. The number of carbonyl (C=O) groups excluding carboxylic acids is 2. The maximum absolute atomic E-state index is 13.3. The summed E-state index contributed by atoms with van der Waals surface area (Å²) in [7, 11) is 0. The van der Waals surface area contributed by atoms with Crippen molar-refractivity contribution in [2.24, 2.45) is 47.3 Å². The van der Waals surface area contributed by atoms with Gasteiger partial charge in [-0.2, -0.15) is 8.78 Å². The second kappa shape index (κ2) is 7.63. The number of hydrogen-bond donors (Lipinski definition) is 0. The molecule has 0 spiro atoms. The van der Waals surface area contributed by atoms with Gasteiger partial charge in [-0.1, -0.05) is 0 Å². The van der Waals surface area contributed by atoms with Crippen molar-refractivity contribution in [2.45, 2.75) is 95.4 Å². The van der Waals surface area contributed by atoms with E-state index in [4.69, 9.17) is 14.2 Å². The second-order valence-corrected chi connectivity index (χ2v) is 12.5. The molecule has 0 unspecified atom stereocenters. The third-order valence-corrected chi connectivity index (χ3v) is 10.4. The Labute approximate surface area is 194 Å². The molecule has 0 N–H and O–H groups in total. The number of esters is 2. The molecule has 7 heteroatoms. The van der Waals surface area contributed by atoms with E-state index in [1.165, 1.54) is 32.1 Å². The molecule has 0 heterocycles. The van der Waals surface area contributed by atoms with Crippen molar-refractivity contribution in [3.63, 3.8) is 0 Å². The molecule has 184 valence electrons. The van der Waals surface area contributed by atoms with Crippen LogP contribution in [0.3, 0.4) is 0 Å². The summed E-state index contributed by atoms with van der Waals surface area (Å²) in [5, 5.41) is 0. The van der Waals surface area contributed by atoms with Gasteiger partial charge < -0.3 is 14.2 Å². The average molecular weight is 467 g/mol. The molecule has 0 aromatic carbocycles. The van der Waals surface area contributed by atoms with E-state index in [2.05, 4.69) is 6.92 Å². The van der Waals surface area contributed by atoms with Crippen molar-refractivity contribution < 1.29 is 32.6 Å². The van der Waals surface area contributed by atoms with Crippen LogP contribution in [0.5, 0.6) is 0 Å². The lowest BCUT2D eigenvalue weighted by Crippen LogP contribution is -2.59. The quantitative estimate of drug-likeness (QED) is 0.528. The molecule has 0 amide bonds. The summed E-state index contributed by atoms with van der Waals surface area (Å²) in [4.78, 5) is 24.6. The normalized spacial score (nSPS) is 49.3. The van der Waals surface area contributed by atoms with Gasteiger partial charge in [0.05, 0.1) is 6.10 Å². The molecule has 0 aromatic heterocycles. The molecule has 8 aliphatic rings. The van der Waals surface area contributed by atoms with Gasteiger partial charge in [-0.15, -0.1) is 0 Å². The molecule has 0 aliphatic heterocycles. The molecular formula is C26H36F2O5. The summed E-state index contributed by atoms with van der Waals surface area (Å²) in [5.41, 5.74) is -0.337. The number of carbonyl (C=O) groups is 2. The summed E-state index contributed by atoms with van der Waals surface area (Å²) in [6.45, 7) is 2.75. The molecule has 33 heavy (non-hydrogen) atoms. The fourth-order valence-corrected chi connectivity index (χ4v) is 9.20. The van der Waals surface area contributed by atoms with E-state index >= 15 is 0 Å². The molecule has 8 fully saturated rings. The highest BCUT2D eigenvalue weighted by atomic mass is 19.3. The van der Waals surface area contributed by atoms with Crippen molar-refractivity contribution in [2.75, 3.05) is 6.61 Å². The van der Waals surface area contributed by atoms with E-state index < -0.39 is 18.0 Å². The van der Waals surface area contributed by atoms with Gasteiger partial charge in [0.2, 0.25) is 0 Å². The van der Waals surface area contributed by atoms with E-state index in [0.717, 1.165) is 37.5 Å². The highest BCUT2D eigenvalue weighted by Gasteiger charge is 2.58. The predicted molar refractivity (Wildman–Crippen MR) is 114 cm³/mol. The number of halogens is 2. The van der Waals surface area contributed by atoms with Gasteiger partial charge in [-0.05, 0) is 112 Å². The molecule has 0 atom stereocenters. The third-order valence-electron chi connectivity index (χ3n) is 10.4. The standard InChI is InChI=1S/C26H36F2O5/c1-25(19-4-13-3-14(6-19)7-20(25)5-13)33-21(29)12-31-22-15-8-17-10-16(22)11-18(9-15)23(17)32-24(30)26(2,27)28/h13-20,22-23H,3-12H2,1-2H3. The molecule has 0 aromatic rings. The Morgan fingerprint density at radius 3 is 1.79 bits per heavy atom. The maximum atomic E-state index is 13.3. The van der Waals surface area contributed by atoms with E-state index in [9.17, 15) is 18.4 Å². The largest absolute Gasteiger partial charge is 0.457 e. The first-order chi connectivity index (χ1) is 15.6. The van der Waals surface area contributed by atoms with Crippen LogP contribution in [0.4, 0.5) is 8.78 Å². The molecule has 8 saturated carbocycles. The van der Waals surface area contributed by atoms with Crippen molar-refractivity contribution in [1.29, 1.82) is 0 Å². The fraction of sp³-hybridized carbons (Fsp3) is 0.923. The van der Waals surface area contributed by atoms with E-state index in [0.29, 0.717) is 30.6 Å². The van der Waals surface area contributed by atoms with E-state index in [-0.39, 0.29) is 36.1 Å². The third kappa shape index (κ3) is 3.71. The van der Waals surface area contributed by atoms with Gasteiger partial charge in [0, 0.05) is 6.92 Å². The van der Waals surface area contributed by atoms with Crippen LogP contribution in [-0.2, 0) is 23.8 Å². The van der Waals surface area contributed by atoms with Gasteiger partial charge in [-0.25, -0.2) is 9.59 Å².